The number of carbonyl (C=O) groups excluding carboxylic acids is 3. The van der Waals surface area contributed by atoms with Crippen molar-refractivity contribution in [3.63, 3.8) is 0 Å². The first kappa shape index (κ1) is 45.1. The third-order valence-electron chi connectivity index (χ3n) is 11.5. The molecular weight excluding hydrogens is 879 g/mol. The number of rotatable bonds is 10. The first-order valence-electron chi connectivity index (χ1n) is 20.7. The number of hydrogen-bond acceptors (Lipinski definition) is 11. The minimum atomic E-state index is -1.20. The van der Waals surface area contributed by atoms with Crippen LogP contribution in [0.5, 0.6) is 0 Å². The molecule has 19 heteroatoms. The van der Waals surface area contributed by atoms with Crippen molar-refractivity contribution < 1.29 is 33.8 Å². The van der Waals surface area contributed by atoms with Crippen LogP contribution in [0.3, 0.4) is 0 Å². The number of hydrogen-bond donors (Lipinski definition) is 4. The lowest BCUT2D eigenvalue weighted by Crippen LogP contribution is -2.67. The first-order chi connectivity index (χ1) is 31.3. The van der Waals surface area contributed by atoms with Gasteiger partial charge in [-0.3, -0.25) is 37.9 Å². The lowest BCUT2D eigenvalue weighted by molar-refractivity contribution is -0.195. The molecule has 4 aliphatic heterocycles. The molecule has 4 aromatic heterocycles. The molecule has 0 bridgehead atoms. The number of carbonyl (C=O) groups is 4. The summed E-state index contributed by atoms with van der Waals surface area (Å²) < 4.78 is 12.6. The molecule has 10 rings (SSSR count). The van der Waals surface area contributed by atoms with E-state index in [0.29, 0.717) is 58.2 Å². The van der Waals surface area contributed by atoms with E-state index in [1.54, 1.807) is 83.9 Å². The SMILES string of the molecule is C1NCC12COC2.O=C(NCc1ccc(Cl)cc1)c1cc2cccnc2n(CC(=O)N2CC3(COC3)C2)c1=O.O=C(O)Cn1c(=O)c(C(=O)NCc2ccc(Cl)cc2)cc2cccnc21. The summed E-state index contributed by atoms with van der Waals surface area (Å²) in [4.78, 5) is 85.1. The minimum Gasteiger partial charge on any atom is -0.480 e. The van der Waals surface area contributed by atoms with Crippen LogP contribution >= 0.6 is 23.2 Å². The molecule has 65 heavy (non-hydrogen) atoms. The zero-order valence-corrected chi connectivity index (χ0v) is 36.4. The standard InChI is InChI=1S/C23H21ClN4O4.C18H14ClN3O4.C5H9NO/c24-17-5-3-15(4-6-17)9-26-21(30)18-8-16-2-1-7-25-20(16)28(22(18)31)10-19(29)27-11-23(12-27)13-32-14-23;19-13-5-3-11(4-6-13)9-21-17(25)14-8-12-2-1-7-20-16(12)22(18(14)26)10-15(23)24;1-5(2-6-1)3-7-4-5/h1-8H,9-14H2,(H,26,30);1-8H,9-10H2,(H,21,25)(H,23,24);6H,1-4H2. The molecule has 4 N–H and O–H groups in total. The van der Waals surface area contributed by atoms with Crippen LogP contribution in [0.4, 0.5) is 0 Å². The lowest BCUT2D eigenvalue weighted by atomic mass is 9.78. The maximum atomic E-state index is 13.2. The van der Waals surface area contributed by atoms with Crippen molar-refractivity contribution in [3.8, 4) is 0 Å². The summed E-state index contributed by atoms with van der Waals surface area (Å²) in [5.74, 6) is -2.46. The first-order valence-corrected chi connectivity index (χ1v) is 21.4. The Balaban J connectivity index is 0.000000156. The summed E-state index contributed by atoms with van der Waals surface area (Å²) in [5, 5.41) is 20.0. The van der Waals surface area contributed by atoms with Gasteiger partial charge in [0.15, 0.2) is 0 Å². The molecule has 0 radical (unpaired) electrons. The molecule has 8 heterocycles. The van der Waals surface area contributed by atoms with Crippen LogP contribution in [0, 0.1) is 10.8 Å². The van der Waals surface area contributed by atoms with Gasteiger partial charge in [-0.2, -0.15) is 0 Å². The topological polar surface area (TPSA) is 216 Å². The van der Waals surface area contributed by atoms with Crippen molar-refractivity contribution in [1.29, 1.82) is 0 Å². The Morgan fingerprint density at radius 2 is 1.11 bits per heavy atom. The van der Waals surface area contributed by atoms with E-state index in [1.807, 2.05) is 0 Å². The number of fused-ring (bicyclic) bond motifs is 2. The third kappa shape index (κ3) is 10.2. The molecule has 4 fully saturated rings. The number of carboxylic acid groups (broad SMARTS) is 1. The fourth-order valence-corrected chi connectivity index (χ4v) is 8.00. The van der Waals surface area contributed by atoms with E-state index >= 15 is 0 Å². The largest absolute Gasteiger partial charge is 0.480 e. The van der Waals surface area contributed by atoms with Crippen molar-refractivity contribution in [1.82, 2.24) is 40.0 Å². The van der Waals surface area contributed by atoms with Gasteiger partial charge in [0.2, 0.25) is 5.91 Å². The number of amides is 3. The highest BCUT2D eigenvalue weighted by molar-refractivity contribution is 6.30. The van der Waals surface area contributed by atoms with Crippen LogP contribution in [0.2, 0.25) is 10.0 Å². The molecule has 6 aromatic rings. The Bertz CT molecular complexity index is 2870. The molecule has 4 saturated heterocycles. The summed E-state index contributed by atoms with van der Waals surface area (Å²) in [5.41, 5.74) is 1.55. The fourth-order valence-electron chi connectivity index (χ4n) is 7.75. The van der Waals surface area contributed by atoms with E-state index in [1.165, 1.54) is 36.0 Å². The van der Waals surface area contributed by atoms with E-state index in [4.69, 9.17) is 37.8 Å². The molecule has 0 aliphatic carbocycles. The van der Waals surface area contributed by atoms with Gasteiger partial charge in [0.25, 0.3) is 22.9 Å². The highest BCUT2D eigenvalue weighted by Crippen LogP contribution is 2.37. The highest BCUT2D eigenvalue weighted by Gasteiger charge is 2.50. The Morgan fingerprint density at radius 3 is 1.48 bits per heavy atom. The fraction of sp³-hybridized carbons (Fsp3) is 0.304. The predicted octanol–water partition coefficient (Wildman–Crippen LogP) is 3.51. The van der Waals surface area contributed by atoms with E-state index in [-0.39, 0.29) is 47.7 Å². The second-order valence-electron chi connectivity index (χ2n) is 16.6. The molecule has 0 saturated carbocycles. The summed E-state index contributed by atoms with van der Waals surface area (Å²) in [6.45, 7) is 6.69. The molecule has 2 aromatic carbocycles. The minimum absolute atomic E-state index is 0.0280. The predicted molar refractivity (Wildman–Crippen MR) is 241 cm³/mol. The average molecular weight is 924 g/mol. The number of nitrogens with zero attached hydrogens (tertiary/aromatic N) is 5. The summed E-state index contributed by atoms with van der Waals surface area (Å²) in [6.07, 6.45) is 3.02. The Morgan fingerprint density at radius 1 is 0.662 bits per heavy atom. The van der Waals surface area contributed by atoms with Gasteiger partial charge < -0.3 is 35.4 Å². The summed E-state index contributed by atoms with van der Waals surface area (Å²) in [7, 11) is 0. The number of halogens is 2. The maximum Gasteiger partial charge on any atom is 0.323 e. The third-order valence-corrected chi connectivity index (χ3v) is 12.0. The van der Waals surface area contributed by atoms with Gasteiger partial charge in [0, 0.05) is 77.9 Å². The summed E-state index contributed by atoms with van der Waals surface area (Å²) >= 11 is 11.7. The van der Waals surface area contributed by atoms with Crippen LogP contribution in [0.1, 0.15) is 31.8 Å². The van der Waals surface area contributed by atoms with Crippen molar-refractivity contribution in [2.24, 2.45) is 10.8 Å². The van der Waals surface area contributed by atoms with E-state index in [9.17, 15) is 28.8 Å². The normalized spacial score (nSPS) is 16.1. The quantitative estimate of drug-likeness (QED) is 0.155. The molecule has 0 atom stereocenters. The lowest BCUT2D eigenvalue weighted by Gasteiger charge is -2.54. The zero-order valence-electron chi connectivity index (χ0n) is 34.9. The molecule has 336 valence electrons. The van der Waals surface area contributed by atoms with Crippen molar-refractivity contribution in [2.45, 2.75) is 26.2 Å². The van der Waals surface area contributed by atoms with Crippen LogP contribution < -0.4 is 27.1 Å². The van der Waals surface area contributed by atoms with Crippen LogP contribution in [0.25, 0.3) is 22.1 Å². The van der Waals surface area contributed by atoms with Gasteiger partial charge in [-0.1, -0.05) is 47.5 Å². The highest BCUT2D eigenvalue weighted by atomic mass is 35.5. The van der Waals surface area contributed by atoms with Gasteiger partial charge in [-0.15, -0.1) is 0 Å². The van der Waals surface area contributed by atoms with Crippen molar-refractivity contribution in [2.75, 3.05) is 52.6 Å². The monoisotopic (exact) mass is 922 g/mol. The van der Waals surface area contributed by atoms with E-state index in [0.717, 1.165) is 28.9 Å². The van der Waals surface area contributed by atoms with Gasteiger partial charge in [-0.05, 0) is 71.8 Å². The average Bonchev–Trinajstić information content (AvgIpc) is 3.23. The molecular formula is C46H44Cl2N8O9. The number of pyridine rings is 4. The van der Waals surface area contributed by atoms with Gasteiger partial charge >= 0.3 is 5.97 Å². The van der Waals surface area contributed by atoms with Gasteiger partial charge in [0.1, 0.15) is 35.5 Å². The Hall–Kier alpha value is -6.50. The van der Waals surface area contributed by atoms with Crippen LogP contribution in [0.15, 0.2) is 107 Å². The van der Waals surface area contributed by atoms with Gasteiger partial charge in [-0.25, -0.2) is 9.97 Å². The maximum absolute atomic E-state index is 13.2. The second kappa shape index (κ2) is 19.3. The smallest absolute Gasteiger partial charge is 0.323 e. The summed E-state index contributed by atoms with van der Waals surface area (Å²) in [6, 6.07) is 23.7. The number of benzene rings is 2. The molecule has 0 unspecified atom stereocenters. The second-order valence-corrected chi connectivity index (χ2v) is 17.5. The number of aromatic nitrogens is 4. The number of likely N-dealkylation sites (tertiary alicyclic amines) is 1. The van der Waals surface area contributed by atoms with Gasteiger partial charge in [0.05, 0.1) is 31.8 Å². The Kier molecular flexibility index (Phi) is 13.4. The number of carboxylic acids is 1. The van der Waals surface area contributed by atoms with Crippen LogP contribution in [-0.2, 0) is 45.2 Å². The molecule has 2 spiro atoms. The zero-order chi connectivity index (χ0) is 45.7. The van der Waals surface area contributed by atoms with E-state index < -0.39 is 35.4 Å². The molecule has 4 aliphatic rings. The van der Waals surface area contributed by atoms with Crippen molar-refractivity contribution in [3.05, 3.63) is 150 Å². The Labute approximate surface area is 381 Å². The van der Waals surface area contributed by atoms with Crippen LogP contribution in [-0.4, -0.2) is 105 Å². The van der Waals surface area contributed by atoms with E-state index in [2.05, 4.69) is 25.9 Å². The number of ether oxygens (including phenoxy) is 2. The molecule has 17 nitrogen and oxygen atoms in total. The molecule has 3 amide bonds. The van der Waals surface area contributed by atoms with Crippen molar-refractivity contribution >= 4 is 69.0 Å². The number of nitrogens with one attached hydrogen (secondary N) is 3. The number of aliphatic carboxylic acids is 1.